The molecule has 1 N–H and O–H groups in total. The van der Waals surface area contributed by atoms with Crippen LogP contribution in [0.5, 0.6) is 5.75 Å². The molecular weight excluding hydrogens is 394 g/mol. The fourth-order valence-electron chi connectivity index (χ4n) is 2.40. The van der Waals surface area contributed by atoms with Crippen molar-refractivity contribution in [1.29, 1.82) is 0 Å². The van der Waals surface area contributed by atoms with E-state index in [2.05, 4.69) is 21.2 Å². The van der Waals surface area contributed by atoms with E-state index in [9.17, 15) is 4.79 Å². The maximum absolute atomic E-state index is 12.4. The molecule has 0 saturated carbocycles. The van der Waals surface area contributed by atoms with Crippen molar-refractivity contribution in [2.24, 2.45) is 0 Å². The Hall–Kier alpha value is -1.85. The highest BCUT2D eigenvalue weighted by atomic mass is 79.9. The largest absolute Gasteiger partial charge is 0.480 e. The van der Waals surface area contributed by atoms with Crippen molar-refractivity contribution in [2.45, 2.75) is 53.1 Å². The standard InChI is InChI=1S/C21H26BrNO3/c1-14(2)25-13-18-8-6-5-7-17(18)12-23-21(24)16(4)26-20-10-9-15(3)11-19(20)22/h5-11,14,16H,12-13H2,1-4H3,(H,23,24). The van der Waals surface area contributed by atoms with Crippen LogP contribution in [0, 0.1) is 6.92 Å². The molecule has 140 valence electrons. The molecule has 0 aliphatic rings. The highest BCUT2D eigenvalue weighted by Gasteiger charge is 2.16. The van der Waals surface area contributed by atoms with Crippen molar-refractivity contribution in [2.75, 3.05) is 0 Å². The van der Waals surface area contributed by atoms with Crippen LogP contribution in [-0.4, -0.2) is 18.1 Å². The molecule has 0 fully saturated rings. The van der Waals surface area contributed by atoms with Crippen molar-refractivity contribution in [3.63, 3.8) is 0 Å². The average molecular weight is 420 g/mol. The first-order chi connectivity index (χ1) is 12.4. The van der Waals surface area contributed by atoms with Crippen molar-refractivity contribution in [3.05, 3.63) is 63.6 Å². The zero-order valence-corrected chi connectivity index (χ0v) is 17.3. The third-order valence-corrected chi connectivity index (χ3v) is 4.52. The first-order valence-electron chi connectivity index (χ1n) is 8.75. The summed E-state index contributed by atoms with van der Waals surface area (Å²) in [5, 5.41) is 2.94. The number of ether oxygens (including phenoxy) is 2. The van der Waals surface area contributed by atoms with Crippen LogP contribution >= 0.6 is 15.9 Å². The van der Waals surface area contributed by atoms with Crippen LogP contribution in [0.1, 0.15) is 37.5 Å². The molecule has 0 aromatic heterocycles. The van der Waals surface area contributed by atoms with E-state index in [-0.39, 0.29) is 12.0 Å². The van der Waals surface area contributed by atoms with Gasteiger partial charge in [0.1, 0.15) is 5.75 Å². The molecule has 4 nitrogen and oxygen atoms in total. The lowest BCUT2D eigenvalue weighted by molar-refractivity contribution is -0.127. The maximum Gasteiger partial charge on any atom is 0.261 e. The van der Waals surface area contributed by atoms with Gasteiger partial charge in [-0.1, -0.05) is 30.3 Å². The molecule has 0 heterocycles. The van der Waals surface area contributed by atoms with Crippen molar-refractivity contribution < 1.29 is 14.3 Å². The predicted octanol–water partition coefficient (Wildman–Crippen LogP) is 4.77. The smallest absolute Gasteiger partial charge is 0.261 e. The van der Waals surface area contributed by atoms with E-state index in [1.54, 1.807) is 6.92 Å². The molecular formula is C21H26BrNO3. The van der Waals surface area contributed by atoms with Gasteiger partial charge in [-0.25, -0.2) is 0 Å². The minimum Gasteiger partial charge on any atom is -0.480 e. The second-order valence-corrected chi connectivity index (χ2v) is 7.39. The number of carbonyl (C=O) groups is 1. The van der Waals surface area contributed by atoms with Crippen LogP contribution in [0.3, 0.4) is 0 Å². The number of carbonyl (C=O) groups excluding carboxylic acids is 1. The quantitative estimate of drug-likeness (QED) is 0.670. The van der Waals surface area contributed by atoms with E-state index in [0.29, 0.717) is 18.9 Å². The van der Waals surface area contributed by atoms with Gasteiger partial charge in [0.2, 0.25) is 0 Å². The highest BCUT2D eigenvalue weighted by molar-refractivity contribution is 9.10. The number of hydrogen-bond acceptors (Lipinski definition) is 3. The van der Waals surface area contributed by atoms with Gasteiger partial charge in [-0.05, 0) is 72.4 Å². The normalized spacial score (nSPS) is 12.1. The Morgan fingerprint density at radius 3 is 2.46 bits per heavy atom. The van der Waals surface area contributed by atoms with Crippen LogP contribution in [-0.2, 0) is 22.7 Å². The second-order valence-electron chi connectivity index (χ2n) is 6.54. The van der Waals surface area contributed by atoms with Gasteiger partial charge in [0.05, 0.1) is 17.2 Å². The first kappa shape index (κ1) is 20.5. The number of amides is 1. The molecule has 1 atom stereocenters. The molecule has 26 heavy (non-hydrogen) atoms. The van der Waals surface area contributed by atoms with Crippen LogP contribution in [0.25, 0.3) is 0 Å². The number of rotatable bonds is 8. The van der Waals surface area contributed by atoms with Gasteiger partial charge in [-0.15, -0.1) is 0 Å². The maximum atomic E-state index is 12.4. The first-order valence-corrected chi connectivity index (χ1v) is 9.55. The summed E-state index contributed by atoms with van der Waals surface area (Å²) in [5.74, 6) is 0.501. The summed E-state index contributed by atoms with van der Waals surface area (Å²) in [6.45, 7) is 8.74. The number of hydrogen-bond donors (Lipinski definition) is 1. The molecule has 0 saturated heterocycles. The summed E-state index contributed by atoms with van der Waals surface area (Å²) in [6, 6.07) is 13.7. The summed E-state index contributed by atoms with van der Waals surface area (Å²) in [6.07, 6.45) is -0.424. The van der Waals surface area contributed by atoms with Gasteiger partial charge in [-0.2, -0.15) is 0 Å². The molecule has 1 amide bonds. The highest BCUT2D eigenvalue weighted by Crippen LogP contribution is 2.26. The number of benzene rings is 2. The Morgan fingerprint density at radius 1 is 1.12 bits per heavy atom. The van der Waals surface area contributed by atoms with Crippen molar-refractivity contribution >= 4 is 21.8 Å². The molecule has 2 aromatic carbocycles. The minimum atomic E-state index is -0.590. The lowest BCUT2D eigenvalue weighted by Gasteiger charge is -2.17. The van der Waals surface area contributed by atoms with E-state index in [4.69, 9.17) is 9.47 Å². The second kappa shape index (κ2) is 9.74. The number of aryl methyl sites for hydroxylation is 1. The van der Waals surface area contributed by atoms with Gasteiger partial charge in [0.25, 0.3) is 5.91 Å². The van der Waals surface area contributed by atoms with Crippen molar-refractivity contribution in [3.8, 4) is 5.75 Å². The van der Waals surface area contributed by atoms with E-state index >= 15 is 0 Å². The van der Waals surface area contributed by atoms with Crippen LogP contribution in [0.4, 0.5) is 0 Å². The molecule has 0 aliphatic carbocycles. The average Bonchev–Trinajstić information content (AvgIpc) is 2.60. The fourth-order valence-corrected chi connectivity index (χ4v) is 2.99. The van der Waals surface area contributed by atoms with E-state index in [1.807, 2.05) is 63.2 Å². The van der Waals surface area contributed by atoms with Crippen molar-refractivity contribution in [1.82, 2.24) is 5.32 Å². The Morgan fingerprint density at radius 2 is 1.81 bits per heavy atom. The zero-order valence-electron chi connectivity index (χ0n) is 15.7. The Kier molecular flexibility index (Phi) is 7.66. The molecule has 0 aliphatic heterocycles. The third kappa shape index (κ3) is 6.15. The van der Waals surface area contributed by atoms with E-state index in [0.717, 1.165) is 21.2 Å². The third-order valence-electron chi connectivity index (χ3n) is 3.90. The number of halogens is 1. The van der Waals surface area contributed by atoms with E-state index in [1.165, 1.54) is 0 Å². The van der Waals surface area contributed by atoms with Crippen LogP contribution < -0.4 is 10.1 Å². The summed E-state index contributed by atoms with van der Waals surface area (Å²) >= 11 is 3.47. The number of nitrogens with one attached hydrogen (secondary N) is 1. The molecule has 1 unspecified atom stereocenters. The molecule has 5 heteroatoms. The Balaban J connectivity index is 1.93. The molecule has 0 radical (unpaired) electrons. The predicted molar refractivity (Wildman–Crippen MR) is 107 cm³/mol. The van der Waals surface area contributed by atoms with Gasteiger partial charge < -0.3 is 14.8 Å². The minimum absolute atomic E-state index is 0.156. The SMILES string of the molecule is Cc1ccc(OC(C)C(=O)NCc2ccccc2COC(C)C)c(Br)c1. The lowest BCUT2D eigenvalue weighted by Crippen LogP contribution is -2.36. The van der Waals surface area contributed by atoms with Gasteiger partial charge in [0, 0.05) is 6.54 Å². The Bertz CT molecular complexity index is 746. The van der Waals surface area contributed by atoms with Gasteiger partial charge in [-0.3, -0.25) is 4.79 Å². The summed E-state index contributed by atoms with van der Waals surface area (Å²) in [4.78, 5) is 12.4. The summed E-state index contributed by atoms with van der Waals surface area (Å²) in [5.41, 5.74) is 3.25. The Labute approximate surface area is 164 Å². The van der Waals surface area contributed by atoms with Gasteiger partial charge >= 0.3 is 0 Å². The van der Waals surface area contributed by atoms with Gasteiger partial charge in [0.15, 0.2) is 6.10 Å². The zero-order chi connectivity index (χ0) is 19.1. The lowest BCUT2D eigenvalue weighted by atomic mass is 10.1. The fraction of sp³-hybridized carbons (Fsp3) is 0.381. The summed E-state index contributed by atoms with van der Waals surface area (Å²) < 4.78 is 12.3. The topological polar surface area (TPSA) is 47.6 Å². The monoisotopic (exact) mass is 419 g/mol. The van der Waals surface area contributed by atoms with Crippen LogP contribution in [0.15, 0.2) is 46.9 Å². The van der Waals surface area contributed by atoms with Crippen LogP contribution in [0.2, 0.25) is 0 Å². The summed E-state index contributed by atoms with van der Waals surface area (Å²) in [7, 11) is 0. The van der Waals surface area contributed by atoms with E-state index < -0.39 is 6.10 Å². The molecule has 2 rings (SSSR count). The molecule has 0 bridgehead atoms. The molecule has 2 aromatic rings. The molecule has 0 spiro atoms.